The number of carboxylic acids is 1. The van der Waals surface area contributed by atoms with E-state index in [-0.39, 0.29) is 18.0 Å². The lowest BCUT2D eigenvalue weighted by molar-refractivity contribution is -0.140. The van der Waals surface area contributed by atoms with Gasteiger partial charge in [-0.05, 0) is 54.0 Å². The summed E-state index contributed by atoms with van der Waals surface area (Å²) in [6.45, 7) is 5.40. The number of phenols is 1. The van der Waals surface area contributed by atoms with E-state index in [2.05, 4.69) is 18.7 Å². The Morgan fingerprint density at radius 3 is 2.95 bits per heavy atom. The number of carbonyl (C=O) groups is 1. The smallest absolute Gasteiger partial charge is 0.317 e. The van der Waals surface area contributed by atoms with Gasteiger partial charge in [0.15, 0.2) is 0 Å². The summed E-state index contributed by atoms with van der Waals surface area (Å²) in [7, 11) is 0. The number of nitrogens with zero attached hydrogens (tertiary/aromatic N) is 1. The van der Waals surface area contributed by atoms with Crippen LogP contribution in [0.3, 0.4) is 0 Å². The second-order valence-electron chi connectivity index (χ2n) is 6.43. The maximum atomic E-state index is 11.0. The van der Waals surface area contributed by atoms with Gasteiger partial charge in [-0.3, -0.25) is 9.69 Å². The average molecular weight is 275 g/mol. The van der Waals surface area contributed by atoms with Crippen molar-refractivity contribution in [2.45, 2.75) is 38.1 Å². The van der Waals surface area contributed by atoms with Gasteiger partial charge >= 0.3 is 5.97 Å². The molecule has 1 aromatic rings. The number of likely N-dealkylation sites (tertiary alicyclic amines) is 1. The molecule has 3 atom stereocenters. The molecule has 108 valence electrons. The van der Waals surface area contributed by atoms with E-state index in [9.17, 15) is 9.90 Å². The van der Waals surface area contributed by atoms with Crippen LogP contribution >= 0.6 is 0 Å². The minimum atomic E-state index is -0.752. The first-order valence-corrected chi connectivity index (χ1v) is 7.20. The summed E-state index contributed by atoms with van der Waals surface area (Å²) >= 11 is 0. The van der Waals surface area contributed by atoms with Crippen LogP contribution in [-0.2, 0) is 16.6 Å². The van der Waals surface area contributed by atoms with E-state index in [0.29, 0.717) is 11.7 Å². The number of aromatic hydroxyl groups is 1. The number of fused-ring (bicyclic) bond motifs is 4. The van der Waals surface area contributed by atoms with Crippen molar-refractivity contribution in [1.82, 2.24) is 4.90 Å². The molecule has 0 amide bonds. The van der Waals surface area contributed by atoms with Crippen molar-refractivity contribution >= 4 is 5.97 Å². The molecule has 3 rings (SSSR count). The first kappa shape index (κ1) is 13.4. The lowest BCUT2D eigenvalue weighted by Gasteiger charge is -2.54. The lowest BCUT2D eigenvalue weighted by atomic mass is 9.59. The Labute approximate surface area is 119 Å². The zero-order valence-electron chi connectivity index (χ0n) is 12.0. The van der Waals surface area contributed by atoms with Crippen LogP contribution in [0.25, 0.3) is 0 Å². The summed E-state index contributed by atoms with van der Waals surface area (Å²) in [5.41, 5.74) is 2.53. The van der Waals surface area contributed by atoms with E-state index >= 15 is 0 Å². The second kappa shape index (κ2) is 4.48. The monoisotopic (exact) mass is 275 g/mol. The fourth-order valence-electron chi connectivity index (χ4n) is 4.07. The summed E-state index contributed by atoms with van der Waals surface area (Å²) in [5.74, 6) is -0.0363. The van der Waals surface area contributed by atoms with Crippen LogP contribution in [-0.4, -0.2) is 40.2 Å². The summed E-state index contributed by atoms with van der Waals surface area (Å²) < 4.78 is 0. The van der Waals surface area contributed by atoms with Gasteiger partial charge in [0.25, 0.3) is 0 Å². The molecule has 1 heterocycles. The number of piperidine rings is 1. The highest BCUT2D eigenvalue weighted by Crippen LogP contribution is 2.49. The number of rotatable bonds is 2. The van der Waals surface area contributed by atoms with Gasteiger partial charge in [-0.1, -0.05) is 19.9 Å². The minimum Gasteiger partial charge on any atom is -0.508 e. The van der Waals surface area contributed by atoms with Crippen molar-refractivity contribution in [2.75, 3.05) is 13.1 Å². The van der Waals surface area contributed by atoms with Gasteiger partial charge in [0.1, 0.15) is 5.75 Å². The first-order valence-electron chi connectivity index (χ1n) is 7.20. The highest BCUT2D eigenvalue weighted by atomic mass is 16.4. The van der Waals surface area contributed by atoms with Crippen LogP contribution < -0.4 is 0 Å². The summed E-state index contributed by atoms with van der Waals surface area (Å²) in [5, 5.41) is 18.8. The van der Waals surface area contributed by atoms with E-state index < -0.39 is 5.97 Å². The van der Waals surface area contributed by atoms with E-state index in [0.717, 1.165) is 19.4 Å². The Bertz CT molecular complexity index is 557. The molecule has 1 aromatic carbocycles. The number of phenolic OH excluding ortho intramolecular Hbond substituents is 1. The quantitative estimate of drug-likeness (QED) is 0.866. The topological polar surface area (TPSA) is 60.8 Å². The largest absolute Gasteiger partial charge is 0.508 e. The summed E-state index contributed by atoms with van der Waals surface area (Å²) in [6, 6.07) is 5.90. The second-order valence-corrected chi connectivity index (χ2v) is 6.43. The predicted octanol–water partition coefficient (Wildman–Crippen LogP) is 2.00. The number of aliphatic carboxylic acids is 1. The Morgan fingerprint density at radius 1 is 1.50 bits per heavy atom. The van der Waals surface area contributed by atoms with Gasteiger partial charge in [-0.15, -0.1) is 0 Å². The standard InChI is InChI=1S/C16H21NO3/c1-10-14-7-11-3-4-12(18)8-13(11)16(10,2)5-6-17(14)9-15(19)20/h3-4,8,10,14,18H,5-7,9H2,1-2H3,(H,19,20)/t10-,14+,16+/m0/s1. The molecule has 1 aliphatic carbocycles. The molecule has 20 heavy (non-hydrogen) atoms. The zero-order chi connectivity index (χ0) is 14.5. The molecular formula is C16H21NO3. The van der Waals surface area contributed by atoms with Crippen molar-refractivity contribution < 1.29 is 15.0 Å². The third-order valence-corrected chi connectivity index (χ3v) is 5.45. The SMILES string of the molecule is C[C@H]1[C@H]2Cc3ccc(O)cc3[C@]1(C)CCN2CC(=O)O. The average Bonchev–Trinajstić information content (AvgIpc) is 2.38. The highest BCUT2D eigenvalue weighted by Gasteiger charge is 2.48. The lowest BCUT2D eigenvalue weighted by Crippen LogP contribution is -2.58. The predicted molar refractivity (Wildman–Crippen MR) is 75.9 cm³/mol. The van der Waals surface area contributed by atoms with Crippen LogP contribution in [0.15, 0.2) is 18.2 Å². The number of carboxylic acid groups (broad SMARTS) is 1. The van der Waals surface area contributed by atoms with E-state index in [1.807, 2.05) is 12.1 Å². The van der Waals surface area contributed by atoms with Gasteiger partial charge in [0.05, 0.1) is 6.54 Å². The molecule has 0 radical (unpaired) electrons. The molecule has 0 spiro atoms. The summed E-state index contributed by atoms with van der Waals surface area (Å²) in [6.07, 6.45) is 1.81. The molecule has 0 saturated carbocycles. The Hall–Kier alpha value is -1.55. The molecule has 2 aliphatic rings. The third kappa shape index (κ3) is 1.90. The van der Waals surface area contributed by atoms with Gasteiger partial charge in [0, 0.05) is 6.04 Å². The normalized spacial score (nSPS) is 32.7. The van der Waals surface area contributed by atoms with E-state index in [1.54, 1.807) is 6.07 Å². The van der Waals surface area contributed by atoms with Crippen LogP contribution in [0.1, 0.15) is 31.4 Å². The van der Waals surface area contributed by atoms with Gasteiger partial charge in [-0.2, -0.15) is 0 Å². The zero-order valence-corrected chi connectivity index (χ0v) is 12.0. The fourth-order valence-corrected chi connectivity index (χ4v) is 4.07. The number of hydrogen-bond acceptors (Lipinski definition) is 3. The Morgan fingerprint density at radius 2 is 2.25 bits per heavy atom. The van der Waals surface area contributed by atoms with Crippen molar-refractivity contribution in [1.29, 1.82) is 0 Å². The van der Waals surface area contributed by atoms with E-state index in [1.165, 1.54) is 11.1 Å². The molecule has 0 unspecified atom stereocenters. The van der Waals surface area contributed by atoms with E-state index in [4.69, 9.17) is 5.11 Å². The minimum absolute atomic E-state index is 0.0337. The van der Waals surface area contributed by atoms with Crippen LogP contribution in [0.5, 0.6) is 5.75 Å². The molecule has 1 fully saturated rings. The molecule has 1 aliphatic heterocycles. The number of benzene rings is 1. The summed E-state index contributed by atoms with van der Waals surface area (Å²) in [4.78, 5) is 13.1. The Balaban J connectivity index is 2.01. The van der Waals surface area contributed by atoms with Crippen molar-refractivity contribution in [3.63, 3.8) is 0 Å². The van der Waals surface area contributed by atoms with Crippen LogP contribution in [0.4, 0.5) is 0 Å². The van der Waals surface area contributed by atoms with Crippen molar-refractivity contribution in [3.8, 4) is 5.75 Å². The maximum Gasteiger partial charge on any atom is 0.317 e. The van der Waals surface area contributed by atoms with Crippen molar-refractivity contribution in [2.24, 2.45) is 5.92 Å². The fraction of sp³-hybridized carbons (Fsp3) is 0.562. The third-order valence-electron chi connectivity index (χ3n) is 5.45. The molecule has 1 saturated heterocycles. The molecule has 2 N–H and O–H groups in total. The molecule has 0 aromatic heterocycles. The molecule has 4 nitrogen and oxygen atoms in total. The molecule has 4 heteroatoms. The first-order chi connectivity index (χ1) is 9.41. The van der Waals surface area contributed by atoms with Crippen molar-refractivity contribution in [3.05, 3.63) is 29.3 Å². The van der Waals surface area contributed by atoms with Gasteiger partial charge in [-0.25, -0.2) is 0 Å². The van der Waals surface area contributed by atoms with Crippen LogP contribution in [0.2, 0.25) is 0 Å². The highest BCUT2D eigenvalue weighted by molar-refractivity contribution is 5.69. The number of hydrogen-bond donors (Lipinski definition) is 2. The molecule has 2 bridgehead atoms. The van der Waals surface area contributed by atoms with Crippen LogP contribution in [0, 0.1) is 5.92 Å². The Kier molecular flexibility index (Phi) is 3.01. The van der Waals surface area contributed by atoms with Gasteiger partial charge < -0.3 is 10.2 Å². The molecular weight excluding hydrogens is 254 g/mol. The van der Waals surface area contributed by atoms with Gasteiger partial charge in [0.2, 0.25) is 0 Å². The maximum absolute atomic E-state index is 11.0.